The molecule has 5 rings (SSSR count). The topological polar surface area (TPSA) is 113 Å². The van der Waals surface area contributed by atoms with Crippen molar-refractivity contribution in [3.63, 3.8) is 0 Å². The number of nitrogens with two attached hydrogens (primary N) is 1. The van der Waals surface area contributed by atoms with Crippen LogP contribution in [0, 0.1) is 11.7 Å². The molecule has 3 heterocycles. The van der Waals surface area contributed by atoms with Crippen molar-refractivity contribution in [2.75, 3.05) is 18.5 Å². The fourth-order valence-electron chi connectivity index (χ4n) is 5.33. The van der Waals surface area contributed by atoms with Crippen LogP contribution in [0.4, 0.5) is 10.1 Å². The Morgan fingerprint density at radius 3 is 2.67 bits per heavy atom. The molecular formula is C30H31ClFN3O5. The van der Waals surface area contributed by atoms with Crippen molar-refractivity contribution in [1.29, 1.82) is 0 Å². The van der Waals surface area contributed by atoms with Crippen molar-refractivity contribution < 1.29 is 23.5 Å². The van der Waals surface area contributed by atoms with E-state index in [0.717, 1.165) is 24.8 Å². The third-order valence-electron chi connectivity index (χ3n) is 7.42. The van der Waals surface area contributed by atoms with Gasteiger partial charge < -0.3 is 20.5 Å². The quantitative estimate of drug-likeness (QED) is 0.429. The first-order valence-electron chi connectivity index (χ1n) is 13.4. The SMILES string of the molecule is C[C@H]1COc2cn([C@@H](C[C@@H]3CCCCO3)C(=O)Nc3ccc(C(N)=O)cc3)c(=O)cc2-c2c(ccc(Cl)c2F)C1. The molecule has 10 heteroatoms. The van der Waals surface area contributed by atoms with E-state index in [1.54, 1.807) is 18.2 Å². The minimum atomic E-state index is -0.938. The number of nitrogens with zero attached hydrogens (tertiary/aromatic N) is 1. The minimum Gasteiger partial charge on any atom is -0.491 e. The molecule has 0 radical (unpaired) electrons. The number of nitrogens with one attached hydrogen (secondary N) is 1. The Bertz CT molecular complexity index is 1480. The monoisotopic (exact) mass is 567 g/mol. The molecule has 0 aliphatic carbocycles. The van der Waals surface area contributed by atoms with E-state index >= 15 is 4.39 Å². The second kappa shape index (κ2) is 11.8. The lowest BCUT2D eigenvalue weighted by Crippen LogP contribution is -2.36. The third kappa shape index (κ3) is 5.90. The van der Waals surface area contributed by atoms with E-state index in [1.807, 2.05) is 6.92 Å². The lowest BCUT2D eigenvalue weighted by molar-refractivity contribution is -0.121. The average Bonchev–Trinajstić information content (AvgIpc) is 2.93. The van der Waals surface area contributed by atoms with Gasteiger partial charge in [-0.3, -0.25) is 19.0 Å². The van der Waals surface area contributed by atoms with Crippen LogP contribution in [0.2, 0.25) is 5.02 Å². The number of pyridine rings is 1. The maximum atomic E-state index is 15.3. The molecule has 0 saturated carbocycles. The molecule has 40 heavy (non-hydrogen) atoms. The van der Waals surface area contributed by atoms with Gasteiger partial charge in [-0.2, -0.15) is 0 Å². The summed E-state index contributed by atoms with van der Waals surface area (Å²) in [5.41, 5.74) is 6.87. The van der Waals surface area contributed by atoms with Gasteiger partial charge in [-0.25, -0.2) is 4.39 Å². The Kier molecular flexibility index (Phi) is 8.23. The number of anilines is 1. The molecule has 2 aliphatic heterocycles. The minimum absolute atomic E-state index is 0.0452. The van der Waals surface area contributed by atoms with Crippen LogP contribution in [0.3, 0.4) is 0 Å². The summed E-state index contributed by atoms with van der Waals surface area (Å²) in [7, 11) is 0. The molecular weight excluding hydrogens is 537 g/mol. The Hall–Kier alpha value is -3.69. The molecule has 8 nitrogen and oxygen atoms in total. The number of amides is 2. The molecule has 1 fully saturated rings. The molecule has 1 aromatic heterocycles. The predicted octanol–water partition coefficient (Wildman–Crippen LogP) is 5.12. The summed E-state index contributed by atoms with van der Waals surface area (Å²) in [6.07, 6.45) is 4.77. The number of ether oxygens (including phenoxy) is 2. The number of aromatic nitrogens is 1. The summed E-state index contributed by atoms with van der Waals surface area (Å²) in [4.78, 5) is 38.7. The van der Waals surface area contributed by atoms with Crippen LogP contribution < -0.4 is 21.3 Å². The largest absolute Gasteiger partial charge is 0.491 e. The van der Waals surface area contributed by atoms with E-state index in [4.69, 9.17) is 26.8 Å². The number of rotatable bonds is 6. The Labute approximate surface area is 236 Å². The molecule has 2 amide bonds. The van der Waals surface area contributed by atoms with Gasteiger partial charge in [0.15, 0.2) is 0 Å². The Morgan fingerprint density at radius 1 is 1.20 bits per heavy atom. The van der Waals surface area contributed by atoms with Crippen LogP contribution in [-0.2, 0) is 16.0 Å². The van der Waals surface area contributed by atoms with E-state index < -0.39 is 29.2 Å². The van der Waals surface area contributed by atoms with Crippen molar-refractivity contribution >= 4 is 29.1 Å². The summed E-state index contributed by atoms with van der Waals surface area (Å²) in [5.74, 6) is -1.25. The standard InChI is InChI=1S/C30H31ClFN3O5/c1-17-12-19-7-10-23(31)28(32)27(19)22-14-26(36)35(15-25(22)40-16-17)24(13-21-4-2-3-11-39-21)30(38)34-20-8-5-18(6-9-20)29(33)37/h5-10,14-15,17,21,24H,2-4,11-13,16H2,1H3,(H2,33,37)(H,34,38)/t17-,21+,24+/m1/s1. The first-order chi connectivity index (χ1) is 19.2. The van der Waals surface area contributed by atoms with Crippen molar-refractivity contribution in [2.45, 2.75) is 51.2 Å². The molecule has 0 spiro atoms. The molecule has 3 aromatic rings. The highest BCUT2D eigenvalue weighted by atomic mass is 35.5. The highest BCUT2D eigenvalue weighted by molar-refractivity contribution is 6.31. The van der Waals surface area contributed by atoms with Gasteiger partial charge in [-0.1, -0.05) is 24.6 Å². The second-order valence-electron chi connectivity index (χ2n) is 10.5. The maximum Gasteiger partial charge on any atom is 0.252 e. The summed E-state index contributed by atoms with van der Waals surface area (Å²) in [6.45, 7) is 2.94. The van der Waals surface area contributed by atoms with Gasteiger partial charge >= 0.3 is 0 Å². The summed E-state index contributed by atoms with van der Waals surface area (Å²) in [6, 6.07) is 9.85. The number of benzene rings is 2. The number of carbonyl (C=O) groups excluding carboxylic acids is 2. The number of primary amides is 1. The van der Waals surface area contributed by atoms with E-state index in [1.165, 1.54) is 35.0 Å². The predicted molar refractivity (Wildman–Crippen MR) is 150 cm³/mol. The highest BCUT2D eigenvalue weighted by Gasteiger charge is 2.30. The van der Waals surface area contributed by atoms with Crippen LogP contribution in [0.5, 0.6) is 5.75 Å². The summed E-state index contributed by atoms with van der Waals surface area (Å²) >= 11 is 6.13. The maximum absolute atomic E-state index is 15.3. The van der Waals surface area contributed by atoms with Gasteiger partial charge in [0.25, 0.3) is 5.56 Å². The van der Waals surface area contributed by atoms with E-state index in [9.17, 15) is 14.4 Å². The Morgan fingerprint density at radius 2 is 1.98 bits per heavy atom. The van der Waals surface area contributed by atoms with Gasteiger partial charge in [0.1, 0.15) is 17.6 Å². The average molecular weight is 568 g/mol. The van der Waals surface area contributed by atoms with Crippen LogP contribution in [0.15, 0.2) is 53.5 Å². The zero-order valence-electron chi connectivity index (χ0n) is 22.1. The molecule has 3 N–H and O–H groups in total. The van der Waals surface area contributed by atoms with Crippen molar-refractivity contribution in [3.8, 4) is 16.9 Å². The number of halogens is 2. The first kappa shape index (κ1) is 27.9. The lowest BCUT2D eigenvalue weighted by atomic mass is 9.91. The zero-order valence-corrected chi connectivity index (χ0v) is 22.9. The van der Waals surface area contributed by atoms with Crippen LogP contribution in [-0.4, -0.2) is 35.7 Å². The molecule has 3 atom stereocenters. The highest BCUT2D eigenvalue weighted by Crippen LogP contribution is 2.39. The van der Waals surface area contributed by atoms with Crippen molar-refractivity contribution in [2.24, 2.45) is 11.7 Å². The van der Waals surface area contributed by atoms with Gasteiger partial charge in [-0.15, -0.1) is 0 Å². The second-order valence-corrected chi connectivity index (χ2v) is 10.9. The van der Waals surface area contributed by atoms with Crippen molar-refractivity contribution in [1.82, 2.24) is 4.57 Å². The fraction of sp³-hybridized carbons (Fsp3) is 0.367. The van der Waals surface area contributed by atoms with Gasteiger partial charge in [0.2, 0.25) is 11.8 Å². The van der Waals surface area contributed by atoms with Gasteiger partial charge in [-0.05, 0) is 67.5 Å². The molecule has 210 valence electrons. The fourth-order valence-corrected chi connectivity index (χ4v) is 5.49. The first-order valence-corrected chi connectivity index (χ1v) is 13.8. The van der Waals surface area contributed by atoms with E-state index in [2.05, 4.69) is 5.32 Å². The van der Waals surface area contributed by atoms with Gasteiger partial charge in [0, 0.05) is 41.5 Å². The molecule has 2 aromatic carbocycles. The molecule has 0 bridgehead atoms. The number of carbonyl (C=O) groups is 2. The van der Waals surface area contributed by atoms with E-state index in [0.29, 0.717) is 42.2 Å². The van der Waals surface area contributed by atoms with Gasteiger partial charge in [0.05, 0.1) is 23.9 Å². The normalized spacial score (nSPS) is 19.3. The summed E-state index contributed by atoms with van der Waals surface area (Å²) in [5, 5.41) is 2.80. The Balaban J connectivity index is 1.56. The van der Waals surface area contributed by atoms with E-state index in [-0.39, 0.29) is 29.0 Å². The number of fused-ring (bicyclic) bond motifs is 3. The summed E-state index contributed by atoms with van der Waals surface area (Å²) < 4.78 is 28.7. The van der Waals surface area contributed by atoms with Crippen LogP contribution >= 0.6 is 11.6 Å². The smallest absolute Gasteiger partial charge is 0.252 e. The molecule has 0 unspecified atom stereocenters. The van der Waals surface area contributed by atoms with Crippen LogP contribution in [0.1, 0.15) is 54.6 Å². The molecule has 2 aliphatic rings. The van der Waals surface area contributed by atoms with Crippen molar-refractivity contribution in [3.05, 3.63) is 81.0 Å². The zero-order chi connectivity index (χ0) is 28.4. The lowest BCUT2D eigenvalue weighted by Gasteiger charge is -2.29. The number of hydrogen-bond donors (Lipinski definition) is 2. The third-order valence-corrected chi connectivity index (χ3v) is 7.71. The number of hydrogen-bond acceptors (Lipinski definition) is 5. The molecule has 1 saturated heterocycles. The van der Waals surface area contributed by atoms with Crippen LogP contribution in [0.25, 0.3) is 11.1 Å².